The molecule has 4 heterocycles. The summed E-state index contributed by atoms with van der Waals surface area (Å²) in [7, 11) is 0. The third kappa shape index (κ3) is 5.29. The standard InChI is InChI=1S/C25H40N6O3/c1-4-5-12-30-23-22(24(33)28-25(30)34)31(16-17(2)3)20(27-23)6-7-21(32)29-13-9-18(10-14-29)19-8-11-26-15-19/h17-19,26H,4-16H2,1-3H3,(H,28,33,34). The van der Waals surface area contributed by atoms with Gasteiger partial charge in [0.25, 0.3) is 5.56 Å². The molecule has 34 heavy (non-hydrogen) atoms. The molecule has 1 atom stereocenters. The van der Waals surface area contributed by atoms with E-state index < -0.39 is 11.2 Å². The molecule has 2 aromatic heterocycles. The Bertz CT molecular complexity index is 1100. The number of hydrogen-bond acceptors (Lipinski definition) is 5. The number of piperidine rings is 1. The highest BCUT2D eigenvalue weighted by atomic mass is 16.2. The molecule has 2 saturated heterocycles. The SMILES string of the molecule is CCCCn1c(=O)[nH]c(=O)c2c1nc(CCC(=O)N1CCC(C3CCNC3)CC1)n2CC(C)C. The van der Waals surface area contributed by atoms with Crippen LogP contribution in [0.5, 0.6) is 0 Å². The van der Waals surface area contributed by atoms with Crippen LogP contribution < -0.4 is 16.6 Å². The van der Waals surface area contributed by atoms with Gasteiger partial charge in [0.1, 0.15) is 5.82 Å². The Morgan fingerprint density at radius 3 is 2.53 bits per heavy atom. The van der Waals surface area contributed by atoms with Gasteiger partial charge in [0, 0.05) is 39.0 Å². The molecule has 0 aromatic carbocycles. The Balaban J connectivity index is 1.50. The van der Waals surface area contributed by atoms with Crippen LogP contribution in [0.3, 0.4) is 0 Å². The quantitative estimate of drug-likeness (QED) is 0.582. The lowest BCUT2D eigenvalue weighted by atomic mass is 9.84. The number of carbonyl (C=O) groups excluding carboxylic acids is 1. The number of aryl methyl sites for hydroxylation is 2. The highest BCUT2D eigenvalue weighted by Crippen LogP contribution is 2.29. The van der Waals surface area contributed by atoms with Gasteiger partial charge in [-0.3, -0.25) is 19.1 Å². The maximum Gasteiger partial charge on any atom is 0.330 e. The second-order valence-electron chi connectivity index (χ2n) is 10.4. The van der Waals surface area contributed by atoms with Gasteiger partial charge in [0.15, 0.2) is 11.2 Å². The van der Waals surface area contributed by atoms with Crippen LogP contribution >= 0.6 is 0 Å². The van der Waals surface area contributed by atoms with E-state index in [1.54, 1.807) is 4.57 Å². The first-order chi connectivity index (χ1) is 16.4. The van der Waals surface area contributed by atoms with Gasteiger partial charge in [-0.15, -0.1) is 0 Å². The molecule has 1 amide bonds. The average molecular weight is 473 g/mol. The van der Waals surface area contributed by atoms with E-state index in [0.29, 0.717) is 48.8 Å². The monoisotopic (exact) mass is 472 g/mol. The first-order valence-electron chi connectivity index (χ1n) is 13.1. The van der Waals surface area contributed by atoms with E-state index in [0.717, 1.165) is 63.7 Å². The summed E-state index contributed by atoms with van der Waals surface area (Å²) in [6, 6.07) is 0. The van der Waals surface area contributed by atoms with Crippen LogP contribution in [0, 0.1) is 17.8 Å². The fourth-order valence-corrected chi connectivity index (χ4v) is 5.57. The number of fused-ring (bicyclic) bond motifs is 1. The first kappa shape index (κ1) is 24.7. The van der Waals surface area contributed by atoms with Crippen molar-refractivity contribution in [2.24, 2.45) is 17.8 Å². The van der Waals surface area contributed by atoms with Gasteiger partial charge >= 0.3 is 5.69 Å². The Labute approximate surface area is 200 Å². The minimum Gasteiger partial charge on any atom is -0.343 e. The minimum absolute atomic E-state index is 0.156. The average Bonchev–Trinajstić information content (AvgIpc) is 3.46. The van der Waals surface area contributed by atoms with Crippen LogP contribution in [0.15, 0.2) is 9.59 Å². The molecular formula is C25H40N6O3. The third-order valence-electron chi connectivity index (χ3n) is 7.47. The molecule has 0 aliphatic carbocycles. The molecule has 2 aliphatic heterocycles. The van der Waals surface area contributed by atoms with Gasteiger partial charge in [-0.05, 0) is 56.5 Å². The maximum atomic E-state index is 13.0. The third-order valence-corrected chi connectivity index (χ3v) is 7.47. The number of likely N-dealkylation sites (tertiary alicyclic amines) is 1. The van der Waals surface area contributed by atoms with E-state index in [1.807, 2.05) is 9.47 Å². The van der Waals surface area contributed by atoms with Crippen molar-refractivity contribution in [1.29, 1.82) is 0 Å². The van der Waals surface area contributed by atoms with Crippen LogP contribution in [0.2, 0.25) is 0 Å². The van der Waals surface area contributed by atoms with Crippen molar-refractivity contribution in [2.45, 2.75) is 78.8 Å². The summed E-state index contributed by atoms with van der Waals surface area (Å²) in [5.41, 5.74) is 0.0687. The lowest BCUT2D eigenvalue weighted by Crippen LogP contribution is -2.40. The molecule has 1 unspecified atom stereocenters. The first-order valence-corrected chi connectivity index (χ1v) is 13.1. The number of imidazole rings is 1. The number of hydrogen-bond donors (Lipinski definition) is 2. The van der Waals surface area contributed by atoms with Crippen molar-refractivity contribution >= 4 is 17.1 Å². The van der Waals surface area contributed by atoms with Gasteiger partial charge in [0.2, 0.25) is 5.91 Å². The lowest BCUT2D eigenvalue weighted by Gasteiger charge is -2.34. The Morgan fingerprint density at radius 2 is 1.88 bits per heavy atom. The number of carbonyl (C=O) groups is 1. The van der Waals surface area contributed by atoms with Gasteiger partial charge in [-0.1, -0.05) is 27.2 Å². The normalized spacial score (nSPS) is 19.5. The van der Waals surface area contributed by atoms with Crippen LogP contribution in [0.1, 0.15) is 65.1 Å². The smallest absolute Gasteiger partial charge is 0.330 e. The molecular weight excluding hydrogens is 432 g/mol. The largest absolute Gasteiger partial charge is 0.343 e. The highest BCUT2D eigenvalue weighted by Gasteiger charge is 2.30. The zero-order valence-electron chi connectivity index (χ0n) is 20.9. The number of aromatic nitrogens is 4. The van der Waals surface area contributed by atoms with Crippen molar-refractivity contribution in [3.63, 3.8) is 0 Å². The van der Waals surface area contributed by atoms with Crippen LogP contribution in [-0.4, -0.2) is 56.1 Å². The number of amides is 1. The summed E-state index contributed by atoms with van der Waals surface area (Å²) in [5, 5.41) is 3.46. The van der Waals surface area contributed by atoms with E-state index in [9.17, 15) is 14.4 Å². The summed E-state index contributed by atoms with van der Waals surface area (Å²) in [6.45, 7) is 11.3. The summed E-state index contributed by atoms with van der Waals surface area (Å²) in [4.78, 5) is 47.5. The van der Waals surface area contributed by atoms with Crippen LogP contribution in [-0.2, 0) is 24.3 Å². The maximum absolute atomic E-state index is 13.0. The number of H-pyrrole nitrogens is 1. The predicted molar refractivity (Wildman–Crippen MR) is 133 cm³/mol. The fraction of sp³-hybridized carbons (Fsp3) is 0.760. The molecule has 0 spiro atoms. The van der Waals surface area contributed by atoms with E-state index >= 15 is 0 Å². The Kier molecular flexibility index (Phi) is 7.91. The molecule has 2 aromatic rings. The van der Waals surface area contributed by atoms with E-state index in [-0.39, 0.29) is 5.91 Å². The number of nitrogens with one attached hydrogen (secondary N) is 2. The van der Waals surface area contributed by atoms with E-state index in [4.69, 9.17) is 4.98 Å². The zero-order valence-corrected chi connectivity index (χ0v) is 20.9. The number of nitrogens with zero attached hydrogens (tertiary/aromatic N) is 4. The van der Waals surface area contributed by atoms with Crippen molar-refractivity contribution in [2.75, 3.05) is 26.2 Å². The van der Waals surface area contributed by atoms with Gasteiger partial charge < -0.3 is 14.8 Å². The number of unbranched alkanes of at least 4 members (excludes halogenated alkanes) is 1. The summed E-state index contributed by atoms with van der Waals surface area (Å²) in [5.74, 6) is 2.65. The molecule has 2 N–H and O–H groups in total. The summed E-state index contributed by atoms with van der Waals surface area (Å²) < 4.78 is 3.50. The predicted octanol–water partition coefficient (Wildman–Crippen LogP) is 2.12. The topological polar surface area (TPSA) is 105 Å². The molecule has 9 heteroatoms. The van der Waals surface area contributed by atoms with E-state index in [2.05, 4.69) is 31.1 Å². The van der Waals surface area contributed by atoms with E-state index in [1.165, 1.54) is 6.42 Å². The Hall–Kier alpha value is -2.42. The molecule has 0 saturated carbocycles. The van der Waals surface area contributed by atoms with Gasteiger partial charge in [0.05, 0.1) is 0 Å². The zero-order chi connectivity index (χ0) is 24.2. The second kappa shape index (κ2) is 10.9. The van der Waals surface area contributed by atoms with Crippen molar-refractivity contribution < 1.29 is 4.79 Å². The molecule has 9 nitrogen and oxygen atoms in total. The molecule has 188 valence electrons. The molecule has 2 aliphatic rings. The fourth-order valence-electron chi connectivity index (χ4n) is 5.57. The molecule has 0 bridgehead atoms. The Morgan fingerprint density at radius 1 is 1.12 bits per heavy atom. The summed E-state index contributed by atoms with van der Waals surface area (Å²) in [6.07, 6.45) is 6.04. The molecule has 4 rings (SSSR count). The molecule has 0 radical (unpaired) electrons. The van der Waals surface area contributed by atoms with Crippen molar-refractivity contribution in [1.82, 2.24) is 29.3 Å². The van der Waals surface area contributed by atoms with Crippen LogP contribution in [0.25, 0.3) is 11.2 Å². The summed E-state index contributed by atoms with van der Waals surface area (Å²) >= 11 is 0. The minimum atomic E-state index is -0.414. The number of rotatable bonds is 9. The van der Waals surface area contributed by atoms with Gasteiger partial charge in [-0.2, -0.15) is 0 Å². The second-order valence-corrected chi connectivity index (χ2v) is 10.4. The van der Waals surface area contributed by atoms with Crippen molar-refractivity contribution in [3.05, 3.63) is 26.7 Å². The molecule has 2 fully saturated rings. The van der Waals surface area contributed by atoms with Gasteiger partial charge in [-0.25, -0.2) is 9.78 Å². The van der Waals surface area contributed by atoms with Crippen LogP contribution in [0.4, 0.5) is 0 Å². The highest BCUT2D eigenvalue weighted by molar-refractivity contribution is 5.77. The van der Waals surface area contributed by atoms with Crippen molar-refractivity contribution in [3.8, 4) is 0 Å². The lowest BCUT2D eigenvalue weighted by molar-refractivity contribution is -0.132. The number of aromatic amines is 1.